The van der Waals surface area contributed by atoms with Gasteiger partial charge >= 0.3 is 0 Å². The number of nitrogens with zero attached hydrogens (tertiary/aromatic N) is 1. The summed E-state index contributed by atoms with van der Waals surface area (Å²) >= 11 is 0. The molecule has 0 radical (unpaired) electrons. The van der Waals surface area contributed by atoms with Crippen LogP contribution in [0.15, 0.2) is 18.2 Å². The number of nitrogens with two attached hydrogens (primary N) is 1. The van der Waals surface area contributed by atoms with Crippen LogP contribution in [0.5, 0.6) is 11.5 Å². The fourth-order valence-electron chi connectivity index (χ4n) is 1.67. The third kappa shape index (κ3) is 4.64. The monoisotopic (exact) mass is 248 g/mol. The van der Waals surface area contributed by atoms with E-state index >= 15 is 0 Å². The van der Waals surface area contributed by atoms with Crippen molar-refractivity contribution in [1.29, 1.82) is 5.26 Å². The van der Waals surface area contributed by atoms with Gasteiger partial charge in [-0.1, -0.05) is 6.07 Å². The molecule has 0 aliphatic heterocycles. The molecule has 1 unspecified atom stereocenters. The second kappa shape index (κ2) is 7.57. The number of hydrogen-bond acceptors (Lipinski definition) is 4. The first-order valence-electron chi connectivity index (χ1n) is 6.09. The zero-order chi connectivity index (χ0) is 13.4. The molecular weight excluding hydrogens is 228 g/mol. The lowest BCUT2D eigenvalue weighted by molar-refractivity contribution is 0.290. The van der Waals surface area contributed by atoms with Crippen molar-refractivity contribution in [2.24, 2.45) is 5.73 Å². The maximum absolute atomic E-state index is 8.46. The van der Waals surface area contributed by atoms with Gasteiger partial charge in [-0.05, 0) is 37.5 Å². The smallest absolute Gasteiger partial charge is 0.161 e. The van der Waals surface area contributed by atoms with Gasteiger partial charge in [0.15, 0.2) is 11.5 Å². The summed E-state index contributed by atoms with van der Waals surface area (Å²) in [6.07, 6.45) is 2.03. The molecule has 0 saturated heterocycles. The maximum Gasteiger partial charge on any atom is 0.161 e. The topological polar surface area (TPSA) is 68.3 Å². The molecule has 0 bridgehead atoms. The highest BCUT2D eigenvalue weighted by atomic mass is 16.5. The van der Waals surface area contributed by atoms with E-state index in [4.69, 9.17) is 20.5 Å². The van der Waals surface area contributed by atoms with Crippen molar-refractivity contribution in [3.8, 4) is 17.6 Å². The second-order valence-electron chi connectivity index (χ2n) is 4.28. The second-order valence-corrected chi connectivity index (χ2v) is 4.28. The summed E-state index contributed by atoms with van der Waals surface area (Å²) in [5.74, 6) is 1.42. The number of ether oxygens (including phenoxy) is 2. The Labute approximate surface area is 108 Å². The summed E-state index contributed by atoms with van der Waals surface area (Å²) in [5.41, 5.74) is 6.90. The van der Waals surface area contributed by atoms with Crippen molar-refractivity contribution in [3.63, 3.8) is 0 Å². The normalized spacial score (nSPS) is 11.7. The Hall–Kier alpha value is -1.73. The molecule has 98 valence electrons. The molecule has 4 heteroatoms. The fourth-order valence-corrected chi connectivity index (χ4v) is 1.67. The van der Waals surface area contributed by atoms with Crippen LogP contribution in [-0.2, 0) is 6.42 Å². The van der Waals surface area contributed by atoms with E-state index in [1.807, 2.05) is 25.1 Å². The van der Waals surface area contributed by atoms with Crippen molar-refractivity contribution in [2.45, 2.75) is 32.2 Å². The first kappa shape index (κ1) is 14.3. The van der Waals surface area contributed by atoms with Gasteiger partial charge in [0.25, 0.3) is 0 Å². The predicted molar refractivity (Wildman–Crippen MR) is 70.7 cm³/mol. The number of benzene rings is 1. The number of hydrogen-bond donors (Lipinski definition) is 1. The number of rotatable bonds is 7. The van der Waals surface area contributed by atoms with E-state index in [0.29, 0.717) is 24.5 Å². The molecule has 0 aromatic heterocycles. The van der Waals surface area contributed by atoms with Crippen LogP contribution < -0.4 is 15.2 Å². The third-order valence-corrected chi connectivity index (χ3v) is 2.48. The van der Waals surface area contributed by atoms with Crippen molar-refractivity contribution >= 4 is 0 Å². The van der Waals surface area contributed by atoms with Crippen LogP contribution >= 0.6 is 0 Å². The lowest BCUT2D eigenvalue weighted by Gasteiger charge is -2.13. The minimum absolute atomic E-state index is 0.116. The Morgan fingerprint density at radius 1 is 1.39 bits per heavy atom. The quantitative estimate of drug-likeness (QED) is 0.751. The van der Waals surface area contributed by atoms with Crippen LogP contribution in [0.3, 0.4) is 0 Å². The van der Waals surface area contributed by atoms with Gasteiger partial charge in [-0.2, -0.15) is 5.26 Å². The Bertz CT molecular complexity index is 411. The van der Waals surface area contributed by atoms with Crippen molar-refractivity contribution < 1.29 is 9.47 Å². The molecule has 0 aliphatic rings. The van der Waals surface area contributed by atoms with Crippen molar-refractivity contribution in [2.75, 3.05) is 13.7 Å². The minimum Gasteiger partial charge on any atom is -0.493 e. The highest BCUT2D eigenvalue weighted by molar-refractivity contribution is 5.43. The van der Waals surface area contributed by atoms with Crippen molar-refractivity contribution in [3.05, 3.63) is 23.8 Å². The minimum atomic E-state index is 0.116. The predicted octanol–water partition coefficient (Wildman–Crippen LogP) is 2.27. The van der Waals surface area contributed by atoms with Gasteiger partial charge in [-0.25, -0.2) is 0 Å². The van der Waals surface area contributed by atoms with Gasteiger partial charge in [-0.15, -0.1) is 0 Å². The molecule has 1 rings (SSSR count). The number of methoxy groups -OCH3 is 1. The van der Waals surface area contributed by atoms with Gasteiger partial charge in [0, 0.05) is 12.5 Å². The highest BCUT2D eigenvalue weighted by Crippen LogP contribution is 2.28. The zero-order valence-corrected chi connectivity index (χ0v) is 11.0. The Morgan fingerprint density at radius 2 is 2.17 bits per heavy atom. The van der Waals surface area contributed by atoms with Crippen LogP contribution in [0, 0.1) is 11.3 Å². The molecule has 0 spiro atoms. The maximum atomic E-state index is 8.46. The van der Waals surface area contributed by atoms with E-state index in [1.54, 1.807) is 7.11 Å². The molecule has 1 aromatic carbocycles. The first-order valence-corrected chi connectivity index (χ1v) is 6.09. The fraction of sp³-hybridized carbons (Fsp3) is 0.500. The molecule has 0 aliphatic carbocycles. The van der Waals surface area contributed by atoms with Crippen LogP contribution in [0.2, 0.25) is 0 Å². The van der Waals surface area contributed by atoms with E-state index in [1.165, 1.54) is 0 Å². The Kier molecular flexibility index (Phi) is 6.03. The molecule has 1 aromatic rings. The Morgan fingerprint density at radius 3 is 2.78 bits per heavy atom. The number of nitriles is 1. The molecule has 18 heavy (non-hydrogen) atoms. The molecule has 0 heterocycles. The van der Waals surface area contributed by atoms with E-state index in [2.05, 4.69) is 6.07 Å². The summed E-state index contributed by atoms with van der Waals surface area (Å²) in [5, 5.41) is 8.46. The molecule has 2 N–H and O–H groups in total. The summed E-state index contributed by atoms with van der Waals surface area (Å²) in [4.78, 5) is 0. The molecule has 0 fully saturated rings. The summed E-state index contributed by atoms with van der Waals surface area (Å²) in [6.45, 7) is 2.49. The van der Waals surface area contributed by atoms with Gasteiger partial charge in [-0.3, -0.25) is 0 Å². The molecule has 0 saturated carbocycles. The van der Waals surface area contributed by atoms with Crippen LogP contribution in [-0.4, -0.2) is 19.8 Å². The molecule has 0 amide bonds. The van der Waals surface area contributed by atoms with Gasteiger partial charge in [0.05, 0.1) is 19.8 Å². The highest BCUT2D eigenvalue weighted by Gasteiger charge is 2.07. The standard InChI is InChI=1S/C14H20N2O2/c1-11(16)9-12-5-6-13(17-2)14(10-12)18-8-4-3-7-15/h5-6,10-11H,3-4,8-9,16H2,1-2H3. The van der Waals surface area contributed by atoms with E-state index in [-0.39, 0.29) is 6.04 Å². The molecule has 4 nitrogen and oxygen atoms in total. The third-order valence-electron chi connectivity index (χ3n) is 2.48. The first-order chi connectivity index (χ1) is 8.67. The lowest BCUT2D eigenvalue weighted by atomic mass is 10.1. The van der Waals surface area contributed by atoms with E-state index in [0.717, 1.165) is 18.4 Å². The lowest BCUT2D eigenvalue weighted by Crippen LogP contribution is -2.17. The van der Waals surface area contributed by atoms with Gasteiger partial charge in [0.1, 0.15) is 0 Å². The van der Waals surface area contributed by atoms with Gasteiger partial charge < -0.3 is 15.2 Å². The van der Waals surface area contributed by atoms with Crippen LogP contribution in [0.1, 0.15) is 25.3 Å². The summed E-state index contributed by atoms with van der Waals surface area (Å²) < 4.78 is 10.9. The molecular formula is C14H20N2O2. The number of unbranched alkanes of at least 4 members (excludes halogenated alkanes) is 1. The van der Waals surface area contributed by atoms with E-state index < -0.39 is 0 Å². The van der Waals surface area contributed by atoms with Crippen molar-refractivity contribution in [1.82, 2.24) is 0 Å². The summed E-state index contributed by atoms with van der Waals surface area (Å²) in [7, 11) is 1.61. The zero-order valence-electron chi connectivity index (χ0n) is 11.0. The molecule has 1 atom stereocenters. The average molecular weight is 248 g/mol. The van der Waals surface area contributed by atoms with Gasteiger partial charge in [0.2, 0.25) is 0 Å². The van der Waals surface area contributed by atoms with Crippen LogP contribution in [0.4, 0.5) is 0 Å². The van der Waals surface area contributed by atoms with E-state index in [9.17, 15) is 0 Å². The largest absolute Gasteiger partial charge is 0.493 e. The SMILES string of the molecule is COc1ccc(CC(C)N)cc1OCCCC#N. The van der Waals surface area contributed by atoms with Crippen LogP contribution in [0.25, 0.3) is 0 Å². The Balaban J connectivity index is 2.69. The summed E-state index contributed by atoms with van der Waals surface area (Å²) in [6, 6.07) is 8.04. The average Bonchev–Trinajstić information content (AvgIpc) is 2.34.